The summed E-state index contributed by atoms with van der Waals surface area (Å²) in [4.78, 5) is 45.2. The van der Waals surface area contributed by atoms with E-state index < -0.39 is 23.6 Å². The summed E-state index contributed by atoms with van der Waals surface area (Å²) < 4.78 is 6.42. The van der Waals surface area contributed by atoms with Gasteiger partial charge >= 0.3 is 0 Å². The van der Waals surface area contributed by atoms with Gasteiger partial charge in [-0.2, -0.15) is 5.10 Å². The van der Waals surface area contributed by atoms with Crippen LogP contribution in [0, 0.1) is 0 Å². The molecular formula is C17H22N8O5. The van der Waals surface area contributed by atoms with Crippen LogP contribution in [-0.2, 0) is 16.6 Å². The van der Waals surface area contributed by atoms with Crippen molar-refractivity contribution in [1.82, 2.24) is 40.1 Å². The van der Waals surface area contributed by atoms with Gasteiger partial charge in [0.2, 0.25) is 24.0 Å². The van der Waals surface area contributed by atoms with Crippen LogP contribution in [0.1, 0.15) is 42.3 Å². The average molecular weight is 418 g/mol. The summed E-state index contributed by atoms with van der Waals surface area (Å²) in [6, 6.07) is -0.884. The molecule has 13 nitrogen and oxygen atoms in total. The van der Waals surface area contributed by atoms with Crippen LogP contribution in [0.5, 0.6) is 0 Å². The molecule has 160 valence electrons. The molecular weight excluding hydrogens is 396 g/mol. The molecule has 13 heteroatoms. The molecule has 3 unspecified atom stereocenters. The van der Waals surface area contributed by atoms with Crippen molar-refractivity contribution in [3.63, 3.8) is 0 Å². The quantitative estimate of drug-likeness (QED) is 0.519. The first-order valence-corrected chi connectivity index (χ1v) is 9.52. The average Bonchev–Trinajstić information content (AvgIpc) is 3.46. The third-order valence-electron chi connectivity index (χ3n) is 5.55. The zero-order valence-electron chi connectivity index (χ0n) is 16.6. The number of aryl methyl sites for hydroxylation is 1. The molecule has 30 heavy (non-hydrogen) atoms. The van der Waals surface area contributed by atoms with Gasteiger partial charge in [0.05, 0.1) is 19.2 Å². The number of likely N-dealkylation sites (tertiary alicyclic amines) is 2. The van der Waals surface area contributed by atoms with E-state index in [1.165, 1.54) is 27.7 Å². The number of aliphatic hydroxyl groups excluding tert-OH is 1. The van der Waals surface area contributed by atoms with E-state index in [1.54, 1.807) is 7.05 Å². The predicted molar refractivity (Wildman–Crippen MR) is 97.4 cm³/mol. The lowest BCUT2D eigenvalue weighted by molar-refractivity contribution is -0.161. The van der Waals surface area contributed by atoms with Crippen molar-refractivity contribution in [2.24, 2.45) is 7.05 Å². The molecule has 2 saturated heterocycles. The summed E-state index contributed by atoms with van der Waals surface area (Å²) in [5.74, 6) is -0.875. The lowest BCUT2D eigenvalue weighted by Crippen LogP contribution is -2.73. The highest BCUT2D eigenvalue weighted by molar-refractivity contribution is 6.02. The number of carbonyl (C=O) groups excluding carboxylic acids is 3. The summed E-state index contributed by atoms with van der Waals surface area (Å²) in [6.07, 6.45) is 2.64. The second-order valence-corrected chi connectivity index (χ2v) is 7.52. The molecule has 3 amide bonds. The highest BCUT2D eigenvalue weighted by Gasteiger charge is 2.60. The Morgan fingerprint density at radius 1 is 1.43 bits per heavy atom. The normalized spacial score (nSPS) is 22.8. The number of nitrogens with one attached hydrogen (secondary N) is 1. The molecule has 0 radical (unpaired) electrons. The predicted octanol–water partition coefficient (Wildman–Crippen LogP) is -1.75. The third kappa shape index (κ3) is 3.20. The van der Waals surface area contributed by atoms with Crippen LogP contribution in [-0.4, -0.2) is 88.9 Å². The van der Waals surface area contributed by atoms with E-state index in [2.05, 4.69) is 25.6 Å². The van der Waals surface area contributed by atoms with E-state index in [1.807, 2.05) is 0 Å². The van der Waals surface area contributed by atoms with E-state index in [0.717, 1.165) is 6.39 Å². The Balaban J connectivity index is 1.40. The first kappa shape index (κ1) is 19.9. The molecule has 0 saturated carbocycles. The first-order valence-electron chi connectivity index (χ1n) is 9.52. The molecule has 0 aliphatic carbocycles. The highest BCUT2D eigenvalue weighted by atomic mass is 16.4. The van der Waals surface area contributed by atoms with Gasteiger partial charge in [-0.3, -0.25) is 14.4 Å². The van der Waals surface area contributed by atoms with E-state index >= 15 is 0 Å². The molecule has 0 aromatic carbocycles. The highest BCUT2D eigenvalue weighted by Crippen LogP contribution is 2.39. The number of hydrogen-bond acceptors (Lipinski definition) is 9. The van der Waals surface area contributed by atoms with Crippen LogP contribution in [0.3, 0.4) is 0 Å². The van der Waals surface area contributed by atoms with Crippen molar-refractivity contribution in [2.75, 3.05) is 19.6 Å². The van der Waals surface area contributed by atoms with Crippen LogP contribution < -0.4 is 5.32 Å². The molecule has 2 fully saturated rings. The summed E-state index contributed by atoms with van der Waals surface area (Å²) in [5.41, 5.74) is -0.945. The van der Waals surface area contributed by atoms with E-state index in [4.69, 9.17) is 4.42 Å². The van der Waals surface area contributed by atoms with Gasteiger partial charge in [0.15, 0.2) is 0 Å². The lowest BCUT2D eigenvalue weighted by Gasteiger charge is -2.50. The van der Waals surface area contributed by atoms with Crippen molar-refractivity contribution in [1.29, 1.82) is 0 Å². The van der Waals surface area contributed by atoms with Gasteiger partial charge < -0.3 is 24.6 Å². The molecule has 1 spiro atoms. The largest absolute Gasteiger partial charge is 0.426 e. The summed E-state index contributed by atoms with van der Waals surface area (Å²) in [7, 11) is 1.62. The van der Waals surface area contributed by atoms with Crippen molar-refractivity contribution in [2.45, 2.75) is 37.5 Å². The third-order valence-corrected chi connectivity index (χ3v) is 5.55. The number of nitrogens with zero attached hydrogens (tertiary/aromatic N) is 7. The van der Waals surface area contributed by atoms with E-state index in [-0.39, 0.29) is 36.6 Å². The van der Waals surface area contributed by atoms with Crippen LogP contribution in [0.2, 0.25) is 0 Å². The summed E-state index contributed by atoms with van der Waals surface area (Å²) in [5, 5.41) is 23.6. The molecule has 4 rings (SSSR count). The van der Waals surface area contributed by atoms with Crippen molar-refractivity contribution < 1.29 is 23.9 Å². The maximum atomic E-state index is 13.0. The van der Waals surface area contributed by atoms with Gasteiger partial charge in [0, 0.05) is 13.6 Å². The first-order chi connectivity index (χ1) is 14.3. The Hall–Kier alpha value is -3.35. The maximum absolute atomic E-state index is 13.0. The molecule has 2 N–H and O–H groups in total. The van der Waals surface area contributed by atoms with Gasteiger partial charge in [-0.15, -0.1) is 10.2 Å². The van der Waals surface area contributed by atoms with Crippen LogP contribution >= 0.6 is 0 Å². The van der Waals surface area contributed by atoms with Gasteiger partial charge in [-0.05, 0) is 19.8 Å². The van der Waals surface area contributed by atoms with Gasteiger partial charge in [-0.25, -0.2) is 9.67 Å². The van der Waals surface area contributed by atoms with Crippen LogP contribution in [0.4, 0.5) is 0 Å². The van der Waals surface area contributed by atoms with Crippen molar-refractivity contribution in [3.8, 4) is 0 Å². The van der Waals surface area contributed by atoms with Crippen LogP contribution in [0.15, 0.2) is 17.1 Å². The second kappa shape index (κ2) is 7.48. The van der Waals surface area contributed by atoms with E-state index in [0.29, 0.717) is 19.4 Å². The summed E-state index contributed by atoms with van der Waals surface area (Å²) in [6.45, 7) is 1.97. The molecule has 3 atom stereocenters. The number of aromatic nitrogens is 5. The molecule has 4 heterocycles. The molecule has 2 aliphatic heterocycles. The zero-order valence-corrected chi connectivity index (χ0v) is 16.6. The number of rotatable bonds is 6. The Morgan fingerprint density at radius 3 is 2.83 bits per heavy atom. The number of β-lactam (4-membered cyclic amide) rings is 1. The fourth-order valence-electron chi connectivity index (χ4n) is 4.06. The molecule has 0 bridgehead atoms. The SMILES string of the molecule is CC(O)C(NC(=O)CN1CC2(CCCN2C(=O)c2ncnn2C)C1=O)c1nnco1. The molecule has 2 aromatic heterocycles. The van der Waals surface area contributed by atoms with Crippen molar-refractivity contribution in [3.05, 3.63) is 24.4 Å². The van der Waals surface area contributed by atoms with Gasteiger partial charge in [0.25, 0.3) is 11.8 Å². The zero-order chi connectivity index (χ0) is 21.5. The standard InChI is InChI=1S/C17H22N8O5/c1-10(26)12(14-22-19-9-30-14)21-11(27)6-24-7-17(16(24)29)4-3-5-25(17)15(28)13-18-8-20-23(13)2/h8-10,12,26H,3-7H2,1-2H3,(H,21,27). The maximum Gasteiger partial charge on any atom is 0.292 e. The Labute approximate surface area is 171 Å². The number of carbonyl (C=O) groups is 3. The van der Waals surface area contributed by atoms with Gasteiger partial charge in [-0.1, -0.05) is 0 Å². The molecule has 2 aliphatic rings. The second-order valence-electron chi connectivity index (χ2n) is 7.52. The fraction of sp³-hybridized carbons (Fsp3) is 0.588. The van der Waals surface area contributed by atoms with Gasteiger partial charge in [0.1, 0.15) is 17.9 Å². The minimum atomic E-state index is -0.970. The number of aliphatic hydroxyl groups is 1. The smallest absolute Gasteiger partial charge is 0.292 e. The topological polar surface area (TPSA) is 160 Å². The molecule has 2 aromatic rings. The number of hydrogen-bond donors (Lipinski definition) is 2. The number of amides is 3. The Bertz CT molecular complexity index is 957. The van der Waals surface area contributed by atoms with Crippen LogP contribution in [0.25, 0.3) is 0 Å². The Kier molecular flexibility index (Phi) is 4.97. The van der Waals surface area contributed by atoms with E-state index in [9.17, 15) is 19.5 Å². The summed E-state index contributed by atoms with van der Waals surface area (Å²) >= 11 is 0. The monoisotopic (exact) mass is 418 g/mol. The lowest BCUT2D eigenvalue weighted by atomic mass is 9.85. The minimum absolute atomic E-state index is 0.0704. The fourth-order valence-corrected chi connectivity index (χ4v) is 4.06. The van der Waals surface area contributed by atoms with Crippen molar-refractivity contribution >= 4 is 17.7 Å². The minimum Gasteiger partial charge on any atom is -0.426 e. The Morgan fingerprint density at radius 2 is 2.23 bits per heavy atom.